The van der Waals surface area contributed by atoms with Crippen molar-refractivity contribution < 1.29 is 23.1 Å². The lowest BCUT2D eigenvalue weighted by atomic mass is 10.1. The van der Waals surface area contributed by atoms with Gasteiger partial charge in [0.05, 0.1) is 17.7 Å². The van der Waals surface area contributed by atoms with Crippen LogP contribution in [-0.4, -0.2) is 20.6 Å². The number of hydrogen-bond donors (Lipinski definition) is 1. The molecule has 4 aromatic rings. The molecule has 8 heteroatoms. The van der Waals surface area contributed by atoms with Crippen LogP contribution in [0.2, 0.25) is 0 Å². The molecule has 0 spiro atoms. The first-order valence-electron chi connectivity index (χ1n) is 9.65. The lowest BCUT2D eigenvalue weighted by Gasteiger charge is -2.06. The molecule has 0 radical (unpaired) electrons. The molecule has 2 aromatic carbocycles. The Morgan fingerprint density at radius 1 is 1.13 bits per heavy atom. The summed E-state index contributed by atoms with van der Waals surface area (Å²) < 4.78 is 40.4. The van der Waals surface area contributed by atoms with Crippen molar-refractivity contribution in [2.45, 2.75) is 32.5 Å². The third-order valence-corrected chi connectivity index (χ3v) is 6.41. The van der Waals surface area contributed by atoms with Gasteiger partial charge in [0.2, 0.25) is 0 Å². The fraction of sp³-hybridized carbons (Fsp3) is 0.217. The molecule has 0 saturated carbocycles. The maximum atomic E-state index is 12.8. The van der Waals surface area contributed by atoms with Crippen molar-refractivity contribution >= 4 is 28.2 Å². The number of halogens is 3. The summed E-state index contributed by atoms with van der Waals surface area (Å²) in [5, 5.41) is 10.8. The zero-order valence-electron chi connectivity index (χ0n) is 16.6. The van der Waals surface area contributed by atoms with Crippen LogP contribution in [0.3, 0.4) is 0 Å². The summed E-state index contributed by atoms with van der Waals surface area (Å²) in [5.41, 5.74) is 2.57. The van der Waals surface area contributed by atoms with Crippen LogP contribution in [0.1, 0.15) is 21.7 Å². The van der Waals surface area contributed by atoms with Crippen LogP contribution < -0.4 is 0 Å². The summed E-state index contributed by atoms with van der Waals surface area (Å²) in [6, 6.07) is 12.7. The van der Waals surface area contributed by atoms with Gasteiger partial charge in [0.25, 0.3) is 0 Å². The van der Waals surface area contributed by atoms with E-state index in [1.54, 1.807) is 0 Å². The van der Waals surface area contributed by atoms with Gasteiger partial charge in [-0.1, -0.05) is 30.3 Å². The molecule has 0 atom stereocenters. The first-order chi connectivity index (χ1) is 14.7. The normalized spacial score (nSPS) is 11.9. The molecule has 160 valence electrons. The van der Waals surface area contributed by atoms with Gasteiger partial charge in [-0.15, -0.1) is 11.3 Å². The van der Waals surface area contributed by atoms with Crippen molar-refractivity contribution in [3.63, 3.8) is 0 Å². The van der Waals surface area contributed by atoms with E-state index in [0.717, 1.165) is 39.2 Å². The van der Waals surface area contributed by atoms with Crippen LogP contribution in [0, 0.1) is 6.92 Å². The second kappa shape index (κ2) is 8.19. The third kappa shape index (κ3) is 4.49. The summed E-state index contributed by atoms with van der Waals surface area (Å²) in [7, 11) is 0. The summed E-state index contributed by atoms with van der Waals surface area (Å²) in [5.74, 6) is -0.873. The zero-order valence-corrected chi connectivity index (χ0v) is 17.4. The van der Waals surface area contributed by atoms with Crippen LogP contribution >= 0.6 is 11.3 Å². The molecule has 0 aliphatic heterocycles. The topological polar surface area (TPSA) is 55.1 Å². The Kier molecular flexibility index (Phi) is 5.58. The van der Waals surface area contributed by atoms with E-state index in [1.807, 2.05) is 42.0 Å². The minimum absolute atomic E-state index is 0.0365. The smallest absolute Gasteiger partial charge is 0.416 e. The Labute approximate surface area is 180 Å². The van der Waals surface area contributed by atoms with Crippen molar-refractivity contribution in [2.75, 3.05) is 0 Å². The van der Waals surface area contributed by atoms with E-state index in [0.29, 0.717) is 23.5 Å². The molecule has 0 aliphatic rings. The molecule has 0 aliphatic carbocycles. The maximum Gasteiger partial charge on any atom is 0.416 e. The highest BCUT2D eigenvalue weighted by Gasteiger charge is 2.30. The van der Waals surface area contributed by atoms with Gasteiger partial charge in [-0.3, -0.25) is 4.79 Å². The number of carbonyl (C=O) groups is 1. The number of benzene rings is 2. The van der Waals surface area contributed by atoms with Crippen LogP contribution in [0.4, 0.5) is 13.2 Å². The molecule has 2 aromatic heterocycles. The number of fused-ring (bicyclic) bond motifs is 1. The number of carboxylic acids is 1. The monoisotopic (exact) mass is 444 g/mol. The lowest BCUT2D eigenvalue weighted by molar-refractivity contribution is -0.138. The number of aryl methyl sites for hydroxylation is 3. The predicted molar refractivity (Wildman–Crippen MR) is 114 cm³/mol. The number of thiazole rings is 1. The van der Waals surface area contributed by atoms with E-state index >= 15 is 0 Å². The average molecular weight is 444 g/mol. The third-order valence-electron chi connectivity index (χ3n) is 5.14. The quantitative estimate of drug-likeness (QED) is 0.399. The van der Waals surface area contributed by atoms with E-state index < -0.39 is 17.7 Å². The lowest BCUT2D eigenvalue weighted by Crippen LogP contribution is -2.03. The minimum Gasteiger partial charge on any atom is -0.481 e. The van der Waals surface area contributed by atoms with Crippen molar-refractivity contribution in [3.05, 3.63) is 76.4 Å². The van der Waals surface area contributed by atoms with Gasteiger partial charge in [-0.05, 0) is 30.7 Å². The largest absolute Gasteiger partial charge is 0.481 e. The van der Waals surface area contributed by atoms with E-state index in [1.165, 1.54) is 23.5 Å². The maximum absolute atomic E-state index is 12.8. The highest BCUT2D eigenvalue weighted by atomic mass is 32.1. The van der Waals surface area contributed by atoms with Crippen molar-refractivity contribution in [3.8, 4) is 10.6 Å². The second-order valence-corrected chi connectivity index (χ2v) is 8.37. The summed E-state index contributed by atoms with van der Waals surface area (Å²) in [4.78, 5) is 16.8. The molecule has 4 rings (SSSR count). The van der Waals surface area contributed by atoms with E-state index in [2.05, 4.69) is 4.98 Å². The van der Waals surface area contributed by atoms with E-state index in [-0.39, 0.29) is 6.42 Å². The highest BCUT2D eigenvalue weighted by Crippen LogP contribution is 2.33. The SMILES string of the molecule is Cc1nc(-c2ccc(C(F)(F)F)cc2)sc1CCn1cc(CC(=O)O)c2ccccc21. The molecular formula is C23H19F3N2O2S. The second-order valence-electron chi connectivity index (χ2n) is 7.29. The average Bonchev–Trinajstić information content (AvgIpc) is 3.26. The molecule has 0 fully saturated rings. The molecule has 0 saturated heterocycles. The number of rotatable bonds is 6. The number of carboxylic acid groups (broad SMARTS) is 1. The molecular weight excluding hydrogens is 425 g/mol. The van der Waals surface area contributed by atoms with Gasteiger partial charge in [-0.2, -0.15) is 13.2 Å². The molecule has 0 amide bonds. The first-order valence-corrected chi connectivity index (χ1v) is 10.5. The van der Waals surface area contributed by atoms with Gasteiger partial charge in [-0.25, -0.2) is 4.98 Å². The summed E-state index contributed by atoms with van der Waals surface area (Å²) in [6.07, 6.45) is -1.83. The fourth-order valence-electron chi connectivity index (χ4n) is 3.62. The van der Waals surface area contributed by atoms with Crippen LogP contribution in [0.5, 0.6) is 0 Å². The number of aromatic nitrogens is 2. The summed E-state index contributed by atoms with van der Waals surface area (Å²) >= 11 is 1.47. The molecule has 2 heterocycles. The Hall–Kier alpha value is -3.13. The molecule has 1 N–H and O–H groups in total. The standard InChI is InChI=1S/C23H19F3N2O2S/c1-14-20(31-22(27-14)15-6-8-17(9-7-15)23(24,25)26)10-11-28-13-16(12-21(29)30)18-4-2-3-5-19(18)28/h2-9,13H,10-12H2,1H3,(H,29,30). The Morgan fingerprint density at radius 2 is 1.84 bits per heavy atom. The van der Waals surface area contributed by atoms with Gasteiger partial charge in [0.1, 0.15) is 5.01 Å². The predicted octanol–water partition coefficient (Wildman–Crippen LogP) is 5.96. The number of para-hydroxylation sites is 1. The van der Waals surface area contributed by atoms with Crippen molar-refractivity contribution in [1.82, 2.24) is 9.55 Å². The molecule has 31 heavy (non-hydrogen) atoms. The Bertz CT molecular complexity index is 1240. The van der Waals surface area contributed by atoms with Gasteiger partial charge >= 0.3 is 12.1 Å². The number of nitrogens with zero attached hydrogens (tertiary/aromatic N) is 2. The van der Waals surface area contributed by atoms with Crippen LogP contribution in [0.15, 0.2) is 54.7 Å². The highest BCUT2D eigenvalue weighted by molar-refractivity contribution is 7.15. The van der Waals surface area contributed by atoms with Crippen molar-refractivity contribution in [2.24, 2.45) is 0 Å². The molecule has 0 unspecified atom stereocenters. The number of alkyl halides is 3. The zero-order chi connectivity index (χ0) is 22.2. The summed E-state index contributed by atoms with van der Waals surface area (Å²) in [6.45, 7) is 2.54. The van der Waals surface area contributed by atoms with Gasteiger partial charge < -0.3 is 9.67 Å². The first kappa shape index (κ1) is 21.1. The van der Waals surface area contributed by atoms with Gasteiger partial charge in [0, 0.05) is 40.5 Å². The van der Waals surface area contributed by atoms with Crippen molar-refractivity contribution in [1.29, 1.82) is 0 Å². The Morgan fingerprint density at radius 3 is 2.52 bits per heavy atom. The Balaban J connectivity index is 1.55. The van der Waals surface area contributed by atoms with E-state index in [9.17, 15) is 23.1 Å². The molecule has 4 nitrogen and oxygen atoms in total. The fourth-order valence-corrected chi connectivity index (χ4v) is 4.68. The number of aliphatic carboxylic acids is 1. The minimum atomic E-state index is -4.36. The van der Waals surface area contributed by atoms with Crippen LogP contribution in [-0.2, 0) is 30.4 Å². The van der Waals surface area contributed by atoms with Crippen LogP contribution in [0.25, 0.3) is 21.5 Å². The van der Waals surface area contributed by atoms with E-state index in [4.69, 9.17) is 0 Å². The number of hydrogen-bond acceptors (Lipinski definition) is 3. The van der Waals surface area contributed by atoms with Gasteiger partial charge in [0.15, 0.2) is 0 Å². The molecule has 0 bridgehead atoms.